The molecular weight excluding hydrogens is 214 g/mol. The van der Waals surface area contributed by atoms with Crippen molar-refractivity contribution < 1.29 is 5.11 Å². The molecule has 1 heterocycles. The Morgan fingerprint density at radius 3 is 2.93 bits per heavy atom. The van der Waals surface area contributed by atoms with Crippen LogP contribution in [0.4, 0.5) is 0 Å². The lowest BCUT2D eigenvalue weighted by Gasteiger charge is -2.08. The first-order valence-electron chi connectivity index (χ1n) is 4.50. The predicted octanol–water partition coefficient (Wildman–Crippen LogP) is 3.26. The van der Waals surface area contributed by atoms with Gasteiger partial charge in [0.1, 0.15) is 0 Å². The third-order valence-corrected chi connectivity index (χ3v) is 3.43. The number of rotatable bonds is 2. The van der Waals surface area contributed by atoms with Crippen molar-refractivity contribution in [3.8, 4) is 5.88 Å². The summed E-state index contributed by atoms with van der Waals surface area (Å²) in [5.74, 6) is 0.264. The van der Waals surface area contributed by atoms with Gasteiger partial charge in [-0.3, -0.25) is 4.57 Å². The van der Waals surface area contributed by atoms with Crippen LogP contribution in [0.1, 0.15) is 12.8 Å². The third-order valence-electron chi connectivity index (χ3n) is 2.17. The summed E-state index contributed by atoms with van der Waals surface area (Å²) in [6.45, 7) is 0.685. The zero-order valence-corrected chi connectivity index (χ0v) is 9.27. The molecule has 0 radical (unpaired) electrons. The van der Waals surface area contributed by atoms with Gasteiger partial charge in [-0.05, 0) is 30.6 Å². The van der Waals surface area contributed by atoms with E-state index in [1.165, 1.54) is 16.9 Å². The van der Waals surface area contributed by atoms with Crippen LogP contribution in [0.25, 0.3) is 0 Å². The Bertz CT molecular complexity index is 439. The highest BCUT2D eigenvalue weighted by Gasteiger charge is 2.04. The minimum Gasteiger partial charge on any atom is -0.494 e. The molecule has 2 rings (SSSR count). The van der Waals surface area contributed by atoms with Crippen LogP contribution in [0.5, 0.6) is 5.88 Å². The van der Waals surface area contributed by atoms with Crippen LogP contribution in [-0.4, -0.2) is 9.67 Å². The van der Waals surface area contributed by atoms with Gasteiger partial charge in [-0.15, -0.1) is 11.3 Å². The molecule has 0 saturated carbocycles. The zero-order valence-electron chi connectivity index (χ0n) is 7.64. The summed E-state index contributed by atoms with van der Waals surface area (Å²) in [6.07, 6.45) is 8.65. The van der Waals surface area contributed by atoms with Crippen molar-refractivity contribution in [2.75, 3.05) is 0 Å². The van der Waals surface area contributed by atoms with Crippen molar-refractivity contribution in [1.82, 2.24) is 4.57 Å². The second kappa shape index (κ2) is 4.11. The fraction of sp³-hybridized carbons (Fsp3) is 0.300. The normalized spacial score (nSPS) is 15.6. The van der Waals surface area contributed by atoms with Gasteiger partial charge in [0.2, 0.25) is 5.88 Å². The lowest BCUT2D eigenvalue weighted by molar-refractivity contribution is 0.423. The Morgan fingerprint density at radius 1 is 1.50 bits per heavy atom. The van der Waals surface area contributed by atoms with Gasteiger partial charge >= 0.3 is 0 Å². The van der Waals surface area contributed by atoms with Crippen LogP contribution in [0.15, 0.2) is 29.2 Å². The number of allylic oxidation sites excluding steroid dienone is 4. The highest BCUT2D eigenvalue weighted by atomic mass is 32.1. The average molecular weight is 225 g/mol. The molecule has 1 aliphatic carbocycles. The third kappa shape index (κ3) is 1.96. The number of nitrogens with zero attached hydrogens (tertiary/aromatic N) is 1. The zero-order chi connectivity index (χ0) is 9.97. The van der Waals surface area contributed by atoms with E-state index in [1.807, 2.05) is 0 Å². The minimum atomic E-state index is 0.264. The van der Waals surface area contributed by atoms with Gasteiger partial charge in [-0.2, -0.15) is 0 Å². The standard InChI is InChI=1S/C10H11NOS2/c12-9-7-14-10(13)11(9)6-8-4-2-1-3-5-8/h2,4-5,7,12H,1,3,6H2. The fourth-order valence-corrected chi connectivity index (χ4v) is 2.36. The monoisotopic (exact) mass is 225 g/mol. The van der Waals surface area contributed by atoms with E-state index in [9.17, 15) is 5.11 Å². The first kappa shape index (κ1) is 9.68. The molecule has 0 fully saturated rings. The van der Waals surface area contributed by atoms with E-state index in [4.69, 9.17) is 12.2 Å². The van der Waals surface area contributed by atoms with Gasteiger partial charge in [0.05, 0.1) is 11.9 Å². The van der Waals surface area contributed by atoms with Crippen molar-refractivity contribution in [2.24, 2.45) is 0 Å². The lowest BCUT2D eigenvalue weighted by Crippen LogP contribution is -2.00. The molecular formula is C10H11NOS2. The SMILES string of the molecule is Oc1csc(=S)n1CC1=CCCC=C1. The van der Waals surface area contributed by atoms with Crippen molar-refractivity contribution in [2.45, 2.75) is 19.4 Å². The number of aromatic nitrogens is 1. The molecule has 0 bridgehead atoms. The Balaban J connectivity index is 2.22. The Kier molecular flexibility index (Phi) is 2.84. The summed E-state index contributed by atoms with van der Waals surface area (Å²) in [5, 5.41) is 11.2. The first-order chi connectivity index (χ1) is 6.77. The van der Waals surface area contributed by atoms with Crippen molar-refractivity contribution in [3.05, 3.63) is 33.1 Å². The number of hydrogen-bond donors (Lipinski definition) is 1. The lowest BCUT2D eigenvalue weighted by atomic mass is 10.1. The maximum atomic E-state index is 9.52. The van der Waals surface area contributed by atoms with Crippen molar-refractivity contribution >= 4 is 23.6 Å². The van der Waals surface area contributed by atoms with Gasteiger partial charge in [-0.1, -0.05) is 18.2 Å². The predicted molar refractivity (Wildman–Crippen MR) is 61.3 cm³/mol. The topological polar surface area (TPSA) is 25.2 Å². The van der Waals surface area contributed by atoms with E-state index in [-0.39, 0.29) is 5.88 Å². The molecule has 2 nitrogen and oxygen atoms in total. The smallest absolute Gasteiger partial charge is 0.203 e. The van der Waals surface area contributed by atoms with Crippen LogP contribution in [0, 0.1) is 3.95 Å². The number of aromatic hydroxyl groups is 1. The van der Waals surface area contributed by atoms with Crippen LogP contribution in [-0.2, 0) is 6.54 Å². The van der Waals surface area contributed by atoms with Gasteiger partial charge in [0.25, 0.3) is 0 Å². The maximum absolute atomic E-state index is 9.52. The number of thiazole rings is 1. The summed E-state index contributed by atoms with van der Waals surface area (Å²) in [4.78, 5) is 0. The molecule has 14 heavy (non-hydrogen) atoms. The average Bonchev–Trinajstić information content (AvgIpc) is 2.51. The summed E-state index contributed by atoms with van der Waals surface area (Å²) in [7, 11) is 0. The molecule has 0 aliphatic heterocycles. The van der Waals surface area contributed by atoms with Gasteiger partial charge in [0, 0.05) is 0 Å². The summed E-state index contributed by atoms with van der Waals surface area (Å²) in [6, 6.07) is 0. The summed E-state index contributed by atoms with van der Waals surface area (Å²) >= 11 is 6.51. The largest absolute Gasteiger partial charge is 0.494 e. The van der Waals surface area contributed by atoms with E-state index >= 15 is 0 Å². The van der Waals surface area contributed by atoms with Crippen LogP contribution < -0.4 is 0 Å². The molecule has 1 aromatic heterocycles. The van der Waals surface area contributed by atoms with E-state index in [0.717, 1.165) is 16.8 Å². The Hall–Kier alpha value is -0.870. The van der Waals surface area contributed by atoms with E-state index in [2.05, 4.69) is 18.2 Å². The number of hydrogen-bond acceptors (Lipinski definition) is 3. The highest BCUT2D eigenvalue weighted by Crippen LogP contribution is 2.20. The maximum Gasteiger partial charge on any atom is 0.203 e. The second-order valence-corrected chi connectivity index (χ2v) is 4.71. The van der Waals surface area contributed by atoms with E-state index in [0.29, 0.717) is 6.54 Å². The molecule has 1 aromatic rings. The molecule has 1 N–H and O–H groups in total. The molecule has 0 atom stereocenters. The molecule has 0 saturated heterocycles. The fourth-order valence-electron chi connectivity index (χ4n) is 1.44. The van der Waals surface area contributed by atoms with Crippen molar-refractivity contribution in [3.63, 3.8) is 0 Å². The molecule has 0 amide bonds. The second-order valence-electron chi connectivity index (χ2n) is 3.20. The minimum absolute atomic E-state index is 0.264. The molecule has 1 aliphatic rings. The van der Waals surface area contributed by atoms with Crippen molar-refractivity contribution in [1.29, 1.82) is 0 Å². The Morgan fingerprint density at radius 2 is 2.36 bits per heavy atom. The quantitative estimate of drug-likeness (QED) is 0.781. The molecule has 4 heteroatoms. The first-order valence-corrected chi connectivity index (χ1v) is 5.79. The van der Waals surface area contributed by atoms with E-state index < -0.39 is 0 Å². The van der Waals surface area contributed by atoms with E-state index in [1.54, 1.807) is 9.95 Å². The molecule has 0 unspecified atom stereocenters. The highest BCUT2D eigenvalue weighted by molar-refractivity contribution is 7.73. The Labute approximate surface area is 91.8 Å². The summed E-state index contributed by atoms with van der Waals surface area (Å²) in [5.41, 5.74) is 1.22. The molecule has 0 spiro atoms. The van der Waals surface area contributed by atoms with Crippen LogP contribution in [0.3, 0.4) is 0 Å². The van der Waals surface area contributed by atoms with Gasteiger partial charge in [-0.25, -0.2) is 0 Å². The molecule has 74 valence electrons. The van der Waals surface area contributed by atoms with Crippen LogP contribution >= 0.6 is 23.6 Å². The van der Waals surface area contributed by atoms with Gasteiger partial charge < -0.3 is 5.11 Å². The summed E-state index contributed by atoms with van der Waals surface area (Å²) < 4.78 is 2.48. The van der Waals surface area contributed by atoms with Gasteiger partial charge in [0.15, 0.2) is 3.95 Å². The van der Waals surface area contributed by atoms with Crippen LogP contribution in [0.2, 0.25) is 0 Å². The molecule has 0 aromatic carbocycles.